The van der Waals surface area contributed by atoms with Gasteiger partial charge in [-0.15, -0.1) is 0 Å². The lowest BCUT2D eigenvalue weighted by atomic mass is 10.8. The first-order valence-corrected chi connectivity index (χ1v) is 2.60. The van der Waals surface area contributed by atoms with Gasteiger partial charge in [0.2, 0.25) is 0 Å². The highest BCUT2D eigenvalue weighted by molar-refractivity contribution is 4.78. The van der Waals surface area contributed by atoms with Crippen molar-refractivity contribution in [3.8, 4) is 0 Å². The van der Waals surface area contributed by atoms with Crippen LogP contribution in [0.1, 0.15) is 12.8 Å². The average Bonchev–Trinajstić information content (AvgIpc) is 2.63. The van der Waals surface area contributed by atoms with Gasteiger partial charge in [0.25, 0.3) is 0 Å². The number of rotatable bonds is 3. The van der Waals surface area contributed by atoms with Crippen LogP contribution in [0.5, 0.6) is 0 Å². The molecule has 0 amide bonds. The highest BCUT2D eigenvalue weighted by atomic mass is 15.6. The third-order valence-electron chi connectivity index (χ3n) is 0.887. The molecule has 48 valence electrons. The van der Waals surface area contributed by atoms with Crippen LogP contribution >= 0.6 is 0 Å². The summed E-state index contributed by atoms with van der Waals surface area (Å²) in [6.45, 7) is 0. The predicted octanol–water partition coefficient (Wildman–Crippen LogP) is 1.91. The van der Waals surface area contributed by atoms with Gasteiger partial charge >= 0.3 is 0 Å². The molecule has 0 radical (unpaired) electrons. The van der Waals surface area contributed by atoms with Crippen LogP contribution < -0.4 is 0 Å². The van der Waals surface area contributed by atoms with Gasteiger partial charge in [-0.25, -0.2) is 0 Å². The third-order valence-corrected chi connectivity index (χ3v) is 0.887. The Morgan fingerprint density at radius 3 is 2.44 bits per heavy atom. The van der Waals surface area contributed by atoms with Crippen LogP contribution in [0.4, 0.5) is 0 Å². The summed E-state index contributed by atoms with van der Waals surface area (Å²) < 4.78 is 0. The fourth-order valence-corrected chi connectivity index (χ4v) is 0.324. The zero-order chi connectivity index (χ0) is 6.53. The second-order valence-corrected chi connectivity index (χ2v) is 1.71. The normalized spacial score (nSPS) is 19.6. The van der Waals surface area contributed by atoms with Crippen LogP contribution in [0, 0.1) is 5.53 Å². The van der Waals surface area contributed by atoms with Crippen molar-refractivity contribution in [2.24, 2.45) is 26.0 Å². The monoisotopic (exact) mass is 126 g/mol. The zero-order valence-electron chi connectivity index (χ0n) is 4.73. The second-order valence-electron chi connectivity index (χ2n) is 1.71. The fourth-order valence-electron chi connectivity index (χ4n) is 0.324. The van der Waals surface area contributed by atoms with Gasteiger partial charge < -0.3 is 0 Å². The molecule has 0 aromatic rings. The van der Waals surface area contributed by atoms with E-state index in [4.69, 9.17) is 5.53 Å². The van der Waals surface area contributed by atoms with E-state index < -0.39 is 0 Å². The minimum absolute atomic E-state index is 0.356. The maximum Gasteiger partial charge on any atom is 0.0732 e. The smallest absolute Gasteiger partial charge is 0.0732 e. The Kier molecular flexibility index (Phi) is 1.95. The van der Waals surface area contributed by atoms with E-state index in [0.29, 0.717) is 6.04 Å². The van der Waals surface area contributed by atoms with E-state index in [1.165, 1.54) is 0 Å². The van der Waals surface area contributed by atoms with E-state index in [0.717, 1.165) is 12.8 Å². The molecule has 1 rings (SSSR count). The largest absolute Gasteiger partial charge is 0.183 e. The van der Waals surface area contributed by atoms with Gasteiger partial charge in [-0.05, 0) is 33.7 Å². The topological polar surface area (TPSA) is 85.6 Å². The van der Waals surface area contributed by atoms with E-state index in [1.54, 1.807) is 0 Å². The van der Waals surface area contributed by atoms with Gasteiger partial charge in [-0.1, -0.05) is 0 Å². The van der Waals surface area contributed by atoms with Crippen molar-refractivity contribution < 1.29 is 0 Å². The zero-order valence-corrected chi connectivity index (χ0v) is 4.73. The Bertz CT molecular complexity index is 144. The highest BCUT2D eigenvalue weighted by Gasteiger charge is 2.20. The molecule has 0 atom stereocenters. The van der Waals surface area contributed by atoms with Crippen molar-refractivity contribution in [1.29, 1.82) is 5.53 Å². The molecule has 0 aromatic heterocycles. The lowest BCUT2D eigenvalue weighted by Gasteiger charge is -1.71. The maximum atomic E-state index is 6.17. The second kappa shape index (κ2) is 2.95. The standard InChI is InChI=1S/C3H6N6/c4-6-8-9-7-5-3-1-2-3/h3-4H,1-2H2. The van der Waals surface area contributed by atoms with Crippen molar-refractivity contribution in [2.75, 3.05) is 0 Å². The van der Waals surface area contributed by atoms with Gasteiger partial charge in [0.1, 0.15) is 0 Å². The van der Waals surface area contributed by atoms with Crippen LogP contribution in [0.3, 0.4) is 0 Å². The third kappa shape index (κ3) is 2.58. The Morgan fingerprint density at radius 2 is 1.89 bits per heavy atom. The fraction of sp³-hybridized carbons (Fsp3) is 1.00. The Balaban J connectivity index is 2.14. The number of nitrogens with one attached hydrogen (secondary N) is 1. The lowest BCUT2D eigenvalue weighted by molar-refractivity contribution is 0.788. The van der Waals surface area contributed by atoms with Gasteiger partial charge in [-0.2, -0.15) is 10.6 Å². The molecule has 0 bridgehead atoms. The minimum Gasteiger partial charge on any atom is -0.183 e. The number of hydrogen-bond donors (Lipinski definition) is 1. The van der Waals surface area contributed by atoms with E-state index in [2.05, 4.69) is 26.0 Å². The molecule has 1 aliphatic carbocycles. The molecule has 9 heavy (non-hydrogen) atoms. The van der Waals surface area contributed by atoms with Crippen molar-refractivity contribution in [2.45, 2.75) is 18.9 Å². The quantitative estimate of drug-likeness (QED) is 0.442. The maximum absolute atomic E-state index is 6.17. The van der Waals surface area contributed by atoms with Crippen molar-refractivity contribution in [3.05, 3.63) is 0 Å². The molecule has 1 N–H and O–H groups in total. The van der Waals surface area contributed by atoms with E-state index in [-0.39, 0.29) is 0 Å². The summed E-state index contributed by atoms with van der Waals surface area (Å²) in [7, 11) is 0. The van der Waals surface area contributed by atoms with Crippen LogP contribution in [0.2, 0.25) is 0 Å². The Labute approximate surface area is 51.5 Å². The minimum atomic E-state index is 0.356. The summed E-state index contributed by atoms with van der Waals surface area (Å²) in [5.74, 6) is 0. The summed E-state index contributed by atoms with van der Waals surface area (Å²) in [5, 5.41) is 15.6. The van der Waals surface area contributed by atoms with E-state index in [9.17, 15) is 0 Å². The summed E-state index contributed by atoms with van der Waals surface area (Å²) in [4.78, 5) is 0. The molecule has 1 aliphatic rings. The first-order valence-electron chi connectivity index (χ1n) is 2.60. The highest BCUT2D eigenvalue weighted by Crippen LogP contribution is 2.23. The molecule has 6 heteroatoms. The van der Waals surface area contributed by atoms with Crippen LogP contribution in [0.15, 0.2) is 26.0 Å². The van der Waals surface area contributed by atoms with Crippen LogP contribution in [0.25, 0.3) is 0 Å². The molecular formula is C3H6N6. The molecule has 0 unspecified atom stereocenters. The van der Waals surface area contributed by atoms with E-state index >= 15 is 0 Å². The van der Waals surface area contributed by atoms with Gasteiger partial charge in [-0.3, -0.25) is 0 Å². The first kappa shape index (κ1) is 5.93. The Morgan fingerprint density at radius 1 is 1.11 bits per heavy atom. The first-order chi connectivity index (χ1) is 4.43. The molecule has 1 fully saturated rings. The van der Waals surface area contributed by atoms with Crippen molar-refractivity contribution in [1.82, 2.24) is 0 Å². The van der Waals surface area contributed by atoms with Crippen molar-refractivity contribution >= 4 is 0 Å². The molecule has 0 heterocycles. The molecule has 6 nitrogen and oxygen atoms in total. The lowest BCUT2D eigenvalue weighted by Crippen LogP contribution is -1.64. The summed E-state index contributed by atoms with van der Waals surface area (Å²) >= 11 is 0. The van der Waals surface area contributed by atoms with E-state index in [1.807, 2.05) is 0 Å². The molecule has 1 saturated carbocycles. The SMILES string of the molecule is N=NN=NN=NC1CC1. The molecule has 0 aromatic carbocycles. The summed E-state index contributed by atoms with van der Waals surface area (Å²) in [6.07, 6.45) is 2.19. The average molecular weight is 126 g/mol. The molecule has 0 spiro atoms. The molecular weight excluding hydrogens is 120 g/mol. The van der Waals surface area contributed by atoms with Crippen LogP contribution in [-0.4, -0.2) is 6.04 Å². The van der Waals surface area contributed by atoms with Crippen molar-refractivity contribution in [3.63, 3.8) is 0 Å². The van der Waals surface area contributed by atoms with Crippen LogP contribution in [-0.2, 0) is 0 Å². The van der Waals surface area contributed by atoms with Gasteiger partial charge in [0.15, 0.2) is 0 Å². The number of hydrogen-bond acceptors (Lipinski definition) is 2. The van der Waals surface area contributed by atoms with Gasteiger partial charge in [0, 0.05) is 0 Å². The summed E-state index contributed by atoms with van der Waals surface area (Å²) in [6, 6.07) is 0.356. The van der Waals surface area contributed by atoms with Gasteiger partial charge in [0.05, 0.1) is 6.04 Å². The Hall–Kier alpha value is -1.20. The predicted molar refractivity (Wildman–Crippen MR) is 27.9 cm³/mol. The molecule has 0 aliphatic heterocycles. The molecule has 0 saturated heterocycles. The summed E-state index contributed by atoms with van der Waals surface area (Å²) in [5.41, 5.74) is 6.17. The number of nitrogens with zero attached hydrogens (tertiary/aromatic N) is 5.